The summed E-state index contributed by atoms with van der Waals surface area (Å²) in [5, 5.41) is 2.91. The third-order valence-electron chi connectivity index (χ3n) is 3.81. The van der Waals surface area contributed by atoms with Crippen molar-refractivity contribution in [2.75, 3.05) is 18.5 Å². The van der Waals surface area contributed by atoms with Crippen LogP contribution >= 0.6 is 0 Å². The quantitative estimate of drug-likeness (QED) is 0.944. The molecule has 22 heavy (non-hydrogen) atoms. The van der Waals surface area contributed by atoms with Gasteiger partial charge in [0.05, 0.1) is 0 Å². The second kappa shape index (κ2) is 6.13. The highest BCUT2D eigenvalue weighted by Crippen LogP contribution is 2.32. The number of benzene rings is 1. The molecule has 0 aliphatic carbocycles. The van der Waals surface area contributed by atoms with Crippen molar-refractivity contribution in [2.45, 2.75) is 26.8 Å². The molecule has 0 radical (unpaired) electrons. The molecule has 2 heterocycles. The van der Waals surface area contributed by atoms with Crippen molar-refractivity contribution in [3.63, 3.8) is 0 Å². The number of nitrogens with one attached hydrogen (secondary N) is 1. The number of nitrogens with zero attached hydrogens (tertiary/aromatic N) is 1. The Morgan fingerprint density at radius 1 is 1.09 bits per heavy atom. The van der Waals surface area contributed by atoms with E-state index in [0.29, 0.717) is 31.9 Å². The average molecular weight is 300 g/mol. The van der Waals surface area contributed by atoms with Gasteiger partial charge in [-0.1, -0.05) is 0 Å². The van der Waals surface area contributed by atoms with Gasteiger partial charge in [0.25, 0.3) is 0 Å². The van der Waals surface area contributed by atoms with Crippen molar-refractivity contribution in [3.8, 4) is 11.5 Å². The Balaban J connectivity index is 1.60. The van der Waals surface area contributed by atoms with Crippen LogP contribution in [0.1, 0.15) is 17.8 Å². The molecule has 116 valence electrons. The van der Waals surface area contributed by atoms with Gasteiger partial charge in [0.15, 0.2) is 11.5 Å². The number of ether oxygens (including phenoxy) is 2. The van der Waals surface area contributed by atoms with Crippen LogP contribution in [0.15, 0.2) is 30.3 Å². The summed E-state index contributed by atoms with van der Waals surface area (Å²) in [7, 11) is 0. The molecule has 1 aromatic heterocycles. The molecule has 1 aliphatic heterocycles. The molecule has 1 aliphatic rings. The predicted octanol–water partition coefficient (Wildman–Crippen LogP) is 2.90. The van der Waals surface area contributed by atoms with Crippen molar-refractivity contribution in [1.82, 2.24) is 4.57 Å². The first-order valence-corrected chi connectivity index (χ1v) is 7.46. The monoisotopic (exact) mass is 300 g/mol. The lowest BCUT2D eigenvalue weighted by Gasteiger charge is -2.19. The number of anilines is 1. The van der Waals surface area contributed by atoms with E-state index >= 15 is 0 Å². The van der Waals surface area contributed by atoms with E-state index in [1.165, 1.54) is 11.4 Å². The molecule has 5 nitrogen and oxygen atoms in total. The van der Waals surface area contributed by atoms with Crippen LogP contribution in [0.4, 0.5) is 5.69 Å². The zero-order chi connectivity index (χ0) is 15.5. The molecule has 0 bridgehead atoms. The first kappa shape index (κ1) is 14.5. The van der Waals surface area contributed by atoms with Crippen LogP contribution in [0.25, 0.3) is 0 Å². The molecule has 5 heteroatoms. The van der Waals surface area contributed by atoms with E-state index in [2.05, 4.69) is 22.0 Å². The van der Waals surface area contributed by atoms with E-state index in [4.69, 9.17) is 9.47 Å². The Bertz CT molecular complexity index is 672. The zero-order valence-electron chi connectivity index (χ0n) is 12.9. The van der Waals surface area contributed by atoms with Crippen LogP contribution in [-0.2, 0) is 11.3 Å². The maximum Gasteiger partial charge on any atom is 0.226 e. The van der Waals surface area contributed by atoms with Crippen LogP contribution in [0.2, 0.25) is 0 Å². The zero-order valence-corrected chi connectivity index (χ0v) is 12.9. The minimum atomic E-state index is -0.0100. The average Bonchev–Trinajstić information content (AvgIpc) is 2.84. The number of amides is 1. The standard InChI is InChI=1S/C17H20N2O3/c1-12-3-4-13(2)19(12)8-7-17(20)18-14-5-6-15-16(11-14)22-10-9-21-15/h3-6,11H,7-10H2,1-2H3,(H,18,20). The molecule has 2 aromatic rings. The van der Waals surface area contributed by atoms with Gasteiger partial charge < -0.3 is 19.4 Å². The summed E-state index contributed by atoms with van der Waals surface area (Å²) in [6.07, 6.45) is 0.435. The first-order chi connectivity index (χ1) is 10.6. The number of carbonyl (C=O) groups excluding carboxylic acids is 1. The van der Waals surface area contributed by atoms with Gasteiger partial charge in [0, 0.05) is 36.1 Å². The topological polar surface area (TPSA) is 52.5 Å². The summed E-state index contributed by atoms with van der Waals surface area (Å²) >= 11 is 0. The van der Waals surface area contributed by atoms with Crippen LogP contribution in [0, 0.1) is 13.8 Å². The van der Waals surface area contributed by atoms with E-state index in [1.807, 2.05) is 26.0 Å². The highest BCUT2D eigenvalue weighted by Gasteiger charge is 2.13. The van der Waals surface area contributed by atoms with Gasteiger partial charge in [0.1, 0.15) is 13.2 Å². The van der Waals surface area contributed by atoms with E-state index in [9.17, 15) is 4.79 Å². The predicted molar refractivity (Wildman–Crippen MR) is 84.6 cm³/mol. The number of aryl methyl sites for hydroxylation is 2. The van der Waals surface area contributed by atoms with Crippen LogP contribution in [-0.4, -0.2) is 23.7 Å². The number of aromatic nitrogens is 1. The van der Waals surface area contributed by atoms with Crippen molar-refractivity contribution in [1.29, 1.82) is 0 Å². The van der Waals surface area contributed by atoms with Gasteiger partial charge >= 0.3 is 0 Å². The number of rotatable bonds is 4. The molecule has 1 N–H and O–H groups in total. The maximum atomic E-state index is 12.1. The normalized spacial score (nSPS) is 13.0. The Morgan fingerprint density at radius 3 is 2.50 bits per heavy atom. The number of hydrogen-bond acceptors (Lipinski definition) is 3. The smallest absolute Gasteiger partial charge is 0.226 e. The minimum absolute atomic E-state index is 0.0100. The molecular formula is C17H20N2O3. The minimum Gasteiger partial charge on any atom is -0.486 e. The van der Waals surface area contributed by atoms with Gasteiger partial charge in [0.2, 0.25) is 5.91 Å². The van der Waals surface area contributed by atoms with Crippen molar-refractivity contribution >= 4 is 11.6 Å². The Morgan fingerprint density at radius 2 is 1.77 bits per heavy atom. The Labute approximate surface area is 129 Å². The second-order valence-corrected chi connectivity index (χ2v) is 5.42. The Hall–Kier alpha value is -2.43. The molecule has 0 saturated carbocycles. The number of carbonyl (C=O) groups is 1. The van der Waals surface area contributed by atoms with Crippen LogP contribution in [0.5, 0.6) is 11.5 Å². The number of hydrogen-bond donors (Lipinski definition) is 1. The molecule has 1 aromatic carbocycles. The first-order valence-electron chi connectivity index (χ1n) is 7.46. The molecule has 0 fully saturated rings. The lowest BCUT2D eigenvalue weighted by Crippen LogP contribution is -2.17. The van der Waals surface area contributed by atoms with Gasteiger partial charge in [-0.2, -0.15) is 0 Å². The fraction of sp³-hybridized carbons (Fsp3) is 0.353. The van der Waals surface area contributed by atoms with E-state index in [0.717, 1.165) is 11.4 Å². The van der Waals surface area contributed by atoms with Crippen molar-refractivity contribution in [3.05, 3.63) is 41.7 Å². The van der Waals surface area contributed by atoms with E-state index in [1.54, 1.807) is 6.07 Å². The van der Waals surface area contributed by atoms with Crippen molar-refractivity contribution in [2.24, 2.45) is 0 Å². The fourth-order valence-corrected chi connectivity index (χ4v) is 2.61. The molecule has 0 saturated heterocycles. The summed E-state index contributed by atoms with van der Waals surface area (Å²) in [4.78, 5) is 12.1. The van der Waals surface area contributed by atoms with Gasteiger partial charge in [-0.25, -0.2) is 0 Å². The number of fused-ring (bicyclic) bond motifs is 1. The van der Waals surface area contributed by atoms with Crippen LogP contribution in [0.3, 0.4) is 0 Å². The molecule has 0 atom stereocenters. The van der Waals surface area contributed by atoms with E-state index < -0.39 is 0 Å². The molecule has 1 amide bonds. The Kier molecular flexibility index (Phi) is 4.04. The lowest BCUT2D eigenvalue weighted by atomic mass is 10.2. The highest BCUT2D eigenvalue weighted by molar-refractivity contribution is 5.91. The van der Waals surface area contributed by atoms with Gasteiger partial charge in [-0.15, -0.1) is 0 Å². The summed E-state index contributed by atoms with van der Waals surface area (Å²) in [5.74, 6) is 1.40. The van der Waals surface area contributed by atoms with Crippen molar-refractivity contribution < 1.29 is 14.3 Å². The maximum absolute atomic E-state index is 12.1. The molecular weight excluding hydrogens is 280 g/mol. The summed E-state index contributed by atoms with van der Waals surface area (Å²) < 4.78 is 13.1. The molecule has 0 spiro atoms. The van der Waals surface area contributed by atoms with Gasteiger partial charge in [-0.05, 0) is 38.1 Å². The third-order valence-corrected chi connectivity index (χ3v) is 3.81. The summed E-state index contributed by atoms with van der Waals surface area (Å²) in [6, 6.07) is 9.59. The van der Waals surface area contributed by atoms with Crippen LogP contribution < -0.4 is 14.8 Å². The molecule has 3 rings (SSSR count). The fourth-order valence-electron chi connectivity index (χ4n) is 2.61. The second-order valence-electron chi connectivity index (χ2n) is 5.42. The lowest BCUT2D eigenvalue weighted by molar-refractivity contribution is -0.116. The van der Waals surface area contributed by atoms with E-state index in [-0.39, 0.29) is 5.91 Å². The summed E-state index contributed by atoms with van der Waals surface area (Å²) in [5.41, 5.74) is 3.07. The highest BCUT2D eigenvalue weighted by atomic mass is 16.6. The third kappa shape index (κ3) is 3.08. The van der Waals surface area contributed by atoms with Gasteiger partial charge in [-0.3, -0.25) is 4.79 Å². The molecule has 0 unspecified atom stereocenters. The summed E-state index contributed by atoms with van der Waals surface area (Å²) in [6.45, 7) is 5.88. The SMILES string of the molecule is Cc1ccc(C)n1CCC(=O)Nc1ccc2c(c1)OCCO2. The largest absolute Gasteiger partial charge is 0.486 e.